The average molecular weight is 569 g/mol. The molecule has 3 aromatic rings. The van der Waals surface area contributed by atoms with Crippen LogP contribution in [0.3, 0.4) is 0 Å². The number of methoxy groups -OCH3 is 1. The Kier molecular flexibility index (Phi) is 8.58. The second-order valence-electron chi connectivity index (χ2n) is 10.1. The molecule has 0 bridgehead atoms. The second kappa shape index (κ2) is 12.3. The van der Waals surface area contributed by atoms with E-state index >= 15 is 0 Å². The van der Waals surface area contributed by atoms with Crippen LogP contribution in [0.25, 0.3) is 0 Å². The zero-order chi connectivity index (χ0) is 27.4. The molecular formula is C30H31Cl2N3O4. The number of nitrogens with zero attached hydrogens (tertiary/aromatic N) is 3. The molecule has 39 heavy (non-hydrogen) atoms. The predicted octanol–water partition coefficient (Wildman–Crippen LogP) is 5.53. The molecule has 1 aromatic heterocycles. The van der Waals surface area contributed by atoms with Crippen molar-refractivity contribution in [1.29, 1.82) is 0 Å². The minimum atomic E-state index is -0.0986. The van der Waals surface area contributed by atoms with Gasteiger partial charge in [0.2, 0.25) is 5.91 Å². The third kappa shape index (κ3) is 6.48. The summed E-state index contributed by atoms with van der Waals surface area (Å²) in [6, 6.07) is 17.4. The van der Waals surface area contributed by atoms with Crippen molar-refractivity contribution in [3.05, 3.63) is 87.7 Å². The molecule has 2 fully saturated rings. The second-order valence-corrected chi connectivity index (χ2v) is 10.9. The Morgan fingerprint density at radius 1 is 0.949 bits per heavy atom. The van der Waals surface area contributed by atoms with Gasteiger partial charge in [-0.05, 0) is 54.0 Å². The molecule has 0 saturated carbocycles. The molecule has 2 saturated heterocycles. The molecule has 5 rings (SSSR count). The highest BCUT2D eigenvalue weighted by molar-refractivity contribution is 6.41. The lowest BCUT2D eigenvalue weighted by molar-refractivity contribution is -0.133. The van der Waals surface area contributed by atoms with E-state index in [1.54, 1.807) is 13.2 Å². The van der Waals surface area contributed by atoms with Crippen molar-refractivity contribution in [2.75, 3.05) is 33.3 Å². The fraction of sp³-hybridized carbons (Fsp3) is 0.367. The van der Waals surface area contributed by atoms with Gasteiger partial charge in [-0.15, -0.1) is 0 Å². The Morgan fingerprint density at radius 3 is 2.49 bits per heavy atom. The molecule has 9 heteroatoms. The molecule has 204 valence electrons. The van der Waals surface area contributed by atoms with Crippen molar-refractivity contribution in [3.8, 4) is 11.5 Å². The standard InChI is InChI=1S/C30H31Cl2N3O4/c1-38-27-13-20(7-9-26(27)39-19-21-5-3-2-4-6-21)8-10-28(36)34-12-11-22-16-35(18-24(22)17-34)30(37)23-14-25(31)29(32)33-15-23/h2-7,9,13-15,22,24H,8,10-12,16-19H2,1H3/t22-,24+/m1/s1. The third-order valence-corrected chi connectivity index (χ3v) is 8.26. The molecule has 2 aliphatic rings. The first-order chi connectivity index (χ1) is 18.9. The number of hydrogen-bond acceptors (Lipinski definition) is 5. The Balaban J connectivity index is 1.13. The lowest BCUT2D eigenvalue weighted by Gasteiger charge is -2.34. The maximum absolute atomic E-state index is 13.1. The number of halogens is 2. The minimum absolute atomic E-state index is 0.0986. The maximum atomic E-state index is 13.1. The van der Waals surface area contributed by atoms with Gasteiger partial charge in [-0.2, -0.15) is 0 Å². The molecule has 2 atom stereocenters. The smallest absolute Gasteiger partial charge is 0.255 e. The zero-order valence-electron chi connectivity index (χ0n) is 21.8. The maximum Gasteiger partial charge on any atom is 0.255 e. The van der Waals surface area contributed by atoms with Crippen LogP contribution >= 0.6 is 23.2 Å². The monoisotopic (exact) mass is 567 g/mol. The van der Waals surface area contributed by atoms with E-state index in [1.165, 1.54) is 6.20 Å². The van der Waals surface area contributed by atoms with E-state index in [9.17, 15) is 9.59 Å². The topological polar surface area (TPSA) is 72.0 Å². The summed E-state index contributed by atoms with van der Waals surface area (Å²) in [6.45, 7) is 3.15. The molecule has 0 unspecified atom stereocenters. The number of hydrogen-bond donors (Lipinski definition) is 0. The number of pyridine rings is 1. The summed E-state index contributed by atoms with van der Waals surface area (Å²) in [5.41, 5.74) is 2.54. The number of likely N-dealkylation sites (tertiary alicyclic amines) is 2. The van der Waals surface area contributed by atoms with E-state index < -0.39 is 0 Å². The van der Waals surface area contributed by atoms with Crippen LogP contribution in [-0.4, -0.2) is 59.9 Å². The summed E-state index contributed by atoms with van der Waals surface area (Å²) in [5, 5.41) is 0.450. The SMILES string of the molecule is COc1cc(CCC(=O)N2CC[C@@H]3CN(C(=O)c4cnc(Cl)c(Cl)c4)C[C@@H]3C2)ccc1OCc1ccccc1. The highest BCUT2D eigenvalue weighted by Gasteiger charge is 2.40. The summed E-state index contributed by atoms with van der Waals surface area (Å²) in [4.78, 5) is 33.9. The molecule has 0 N–H and O–H groups in total. The fourth-order valence-corrected chi connectivity index (χ4v) is 5.68. The average Bonchev–Trinajstić information content (AvgIpc) is 3.40. The lowest BCUT2D eigenvalue weighted by Crippen LogP contribution is -2.43. The number of carbonyl (C=O) groups is 2. The predicted molar refractivity (Wildman–Crippen MR) is 150 cm³/mol. The van der Waals surface area contributed by atoms with Gasteiger partial charge in [0, 0.05) is 38.8 Å². The number of fused-ring (bicyclic) bond motifs is 1. The normalized spacial score (nSPS) is 18.5. The van der Waals surface area contributed by atoms with Crippen LogP contribution in [0.4, 0.5) is 0 Å². The van der Waals surface area contributed by atoms with Crippen molar-refractivity contribution in [1.82, 2.24) is 14.8 Å². The Morgan fingerprint density at radius 2 is 1.72 bits per heavy atom. The number of rotatable bonds is 8. The molecule has 3 heterocycles. The Labute approximate surface area is 238 Å². The van der Waals surface area contributed by atoms with E-state index in [-0.39, 0.29) is 27.9 Å². The first kappa shape index (κ1) is 27.3. The number of ether oxygens (including phenoxy) is 2. The minimum Gasteiger partial charge on any atom is -0.493 e. The van der Waals surface area contributed by atoms with Crippen molar-refractivity contribution in [2.24, 2.45) is 11.8 Å². The number of aromatic nitrogens is 1. The quantitative estimate of drug-likeness (QED) is 0.335. The van der Waals surface area contributed by atoms with Crippen molar-refractivity contribution in [2.45, 2.75) is 25.9 Å². The van der Waals surface area contributed by atoms with Gasteiger partial charge in [0.1, 0.15) is 11.8 Å². The lowest BCUT2D eigenvalue weighted by atomic mass is 9.88. The molecule has 2 aromatic carbocycles. The van der Waals surface area contributed by atoms with Gasteiger partial charge in [0.25, 0.3) is 5.91 Å². The van der Waals surface area contributed by atoms with Crippen LogP contribution in [0.2, 0.25) is 10.2 Å². The number of benzene rings is 2. The molecule has 2 amide bonds. The van der Waals surface area contributed by atoms with Crippen molar-refractivity contribution < 1.29 is 19.1 Å². The van der Waals surface area contributed by atoms with Crippen LogP contribution < -0.4 is 9.47 Å². The van der Waals surface area contributed by atoms with E-state index in [0.717, 1.165) is 17.5 Å². The summed E-state index contributed by atoms with van der Waals surface area (Å²) in [5.74, 6) is 2.03. The zero-order valence-corrected chi connectivity index (χ0v) is 23.3. The van der Waals surface area contributed by atoms with Crippen molar-refractivity contribution in [3.63, 3.8) is 0 Å². The Bertz CT molecular complexity index is 1340. The highest BCUT2D eigenvalue weighted by atomic mass is 35.5. The molecular weight excluding hydrogens is 537 g/mol. The Hall–Kier alpha value is -3.29. The number of aryl methyl sites for hydroxylation is 1. The summed E-state index contributed by atoms with van der Waals surface area (Å²) in [6.07, 6.45) is 3.39. The first-order valence-electron chi connectivity index (χ1n) is 13.1. The van der Waals surface area contributed by atoms with E-state index in [2.05, 4.69) is 4.98 Å². The molecule has 7 nitrogen and oxygen atoms in total. The molecule has 2 aliphatic heterocycles. The van der Waals surface area contributed by atoms with Crippen LogP contribution in [0.5, 0.6) is 11.5 Å². The van der Waals surface area contributed by atoms with Crippen molar-refractivity contribution >= 4 is 35.0 Å². The largest absolute Gasteiger partial charge is 0.493 e. The molecule has 0 radical (unpaired) electrons. The first-order valence-corrected chi connectivity index (χ1v) is 13.9. The van der Waals surface area contributed by atoms with Crippen LogP contribution in [0, 0.1) is 11.8 Å². The van der Waals surface area contributed by atoms with Gasteiger partial charge in [-0.3, -0.25) is 9.59 Å². The summed E-state index contributed by atoms with van der Waals surface area (Å²) < 4.78 is 11.5. The van der Waals surface area contributed by atoms with Crippen LogP contribution in [0.1, 0.15) is 34.3 Å². The summed E-state index contributed by atoms with van der Waals surface area (Å²) in [7, 11) is 1.62. The van der Waals surface area contributed by atoms with Gasteiger partial charge in [0.05, 0.1) is 17.7 Å². The molecule has 0 aliphatic carbocycles. The van der Waals surface area contributed by atoms with E-state index in [1.807, 2.05) is 58.3 Å². The van der Waals surface area contributed by atoms with Gasteiger partial charge < -0.3 is 19.3 Å². The third-order valence-electron chi connectivity index (χ3n) is 7.58. The van der Waals surface area contributed by atoms with Gasteiger partial charge in [-0.1, -0.05) is 59.6 Å². The van der Waals surface area contributed by atoms with Crippen LogP contribution in [0.15, 0.2) is 60.8 Å². The highest BCUT2D eigenvalue weighted by Crippen LogP contribution is 2.33. The number of amides is 2. The summed E-state index contributed by atoms with van der Waals surface area (Å²) >= 11 is 11.9. The number of carbonyl (C=O) groups excluding carboxylic acids is 2. The van der Waals surface area contributed by atoms with Gasteiger partial charge >= 0.3 is 0 Å². The fourth-order valence-electron chi connectivity index (χ4n) is 5.41. The number of piperidine rings is 1. The van der Waals surface area contributed by atoms with Crippen LogP contribution in [-0.2, 0) is 17.8 Å². The van der Waals surface area contributed by atoms with Gasteiger partial charge in [0.15, 0.2) is 11.5 Å². The van der Waals surface area contributed by atoms with E-state index in [4.69, 9.17) is 32.7 Å². The van der Waals surface area contributed by atoms with Gasteiger partial charge in [-0.25, -0.2) is 4.98 Å². The van der Waals surface area contributed by atoms with E-state index in [0.29, 0.717) is 68.6 Å². The molecule has 0 spiro atoms.